The molecule has 4 nitrogen and oxygen atoms in total. The Morgan fingerprint density at radius 2 is 2.21 bits per heavy atom. The summed E-state index contributed by atoms with van der Waals surface area (Å²) in [6.45, 7) is 4.54. The van der Waals surface area contributed by atoms with Crippen molar-refractivity contribution in [3.05, 3.63) is 36.0 Å². The van der Waals surface area contributed by atoms with Crippen LogP contribution < -0.4 is 5.32 Å². The standard InChI is InChI=1S/C20H28N2O2/c1-16-15-17-7-2-3-10-19(17)22(16)13-11-20(23)21-12-5-4-8-18-9-6-14-24-18/h2-3,7,10,15,18H,4-6,8-9,11-14H2,1H3,(H,21,23)/t18-/m1/s1. The SMILES string of the molecule is Cc1cc2ccccc2n1CCC(=O)NCCCC[C@@H]1CCCO1. The van der Waals surface area contributed by atoms with E-state index in [9.17, 15) is 4.79 Å². The number of carbonyl (C=O) groups is 1. The van der Waals surface area contributed by atoms with Crippen LogP contribution in [0.5, 0.6) is 0 Å². The van der Waals surface area contributed by atoms with Gasteiger partial charge in [0.05, 0.1) is 6.10 Å². The lowest BCUT2D eigenvalue weighted by Crippen LogP contribution is -2.25. The Kier molecular flexibility index (Phi) is 5.91. The second-order valence-corrected chi connectivity index (χ2v) is 6.73. The number of hydrogen-bond acceptors (Lipinski definition) is 2. The summed E-state index contributed by atoms with van der Waals surface area (Å²) in [5, 5.41) is 4.29. The number of unbranched alkanes of at least 4 members (excludes halogenated alkanes) is 1. The second kappa shape index (κ2) is 8.34. The average Bonchev–Trinajstić information content (AvgIpc) is 3.19. The number of para-hydroxylation sites is 1. The van der Waals surface area contributed by atoms with E-state index in [-0.39, 0.29) is 5.91 Å². The van der Waals surface area contributed by atoms with Crippen molar-refractivity contribution in [1.29, 1.82) is 0 Å². The molecule has 1 atom stereocenters. The molecule has 4 heteroatoms. The molecule has 1 amide bonds. The van der Waals surface area contributed by atoms with Crippen molar-refractivity contribution < 1.29 is 9.53 Å². The van der Waals surface area contributed by atoms with Gasteiger partial charge in [-0.3, -0.25) is 4.79 Å². The summed E-state index contributed by atoms with van der Waals surface area (Å²) in [7, 11) is 0. The molecule has 24 heavy (non-hydrogen) atoms. The largest absolute Gasteiger partial charge is 0.378 e. The van der Waals surface area contributed by atoms with E-state index in [4.69, 9.17) is 4.74 Å². The molecule has 1 N–H and O–H groups in total. The fourth-order valence-corrected chi connectivity index (χ4v) is 3.54. The molecule has 0 aliphatic carbocycles. The average molecular weight is 328 g/mol. The van der Waals surface area contributed by atoms with Gasteiger partial charge in [-0.1, -0.05) is 18.2 Å². The monoisotopic (exact) mass is 328 g/mol. The molecule has 2 aromatic rings. The lowest BCUT2D eigenvalue weighted by atomic mass is 10.1. The molecule has 1 aliphatic rings. The molecule has 2 heterocycles. The molecule has 1 aromatic heterocycles. The van der Waals surface area contributed by atoms with E-state index in [0.29, 0.717) is 12.5 Å². The van der Waals surface area contributed by atoms with Crippen LogP contribution in [0.25, 0.3) is 10.9 Å². The highest BCUT2D eigenvalue weighted by atomic mass is 16.5. The highest BCUT2D eigenvalue weighted by Crippen LogP contribution is 2.19. The summed E-state index contributed by atoms with van der Waals surface area (Å²) in [6.07, 6.45) is 6.70. The Morgan fingerprint density at radius 1 is 1.33 bits per heavy atom. The maximum atomic E-state index is 12.1. The molecular weight excluding hydrogens is 300 g/mol. The van der Waals surface area contributed by atoms with Gasteiger partial charge in [-0.25, -0.2) is 0 Å². The Balaban J connectivity index is 1.36. The molecular formula is C20H28N2O2. The lowest BCUT2D eigenvalue weighted by Gasteiger charge is -2.10. The van der Waals surface area contributed by atoms with Gasteiger partial charge in [-0.15, -0.1) is 0 Å². The number of nitrogens with one attached hydrogen (secondary N) is 1. The Hall–Kier alpha value is -1.81. The van der Waals surface area contributed by atoms with Gasteiger partial charge >= 0.3 is 0 Å². The van der Waals surface area contributed by atoms with Crippen LogP contribution in [-0.4, -0.2) is 29.7 Å². The van der Waals surface area contributed by atoms with Crippen LogP contribution in [0.15, 0.2) is 30.3 Å². The predicted molar refractivity (Wildman–Crippen MR) is 97.1 cm³/mol. The topological polar surface area (TPSA) is 43.3 Å². The number of aryl methyl sites for hydroxylation is 2. The minimum atomic E-state index is 0.143. The van der Waals surface area contributed by atoms with E-state index in [0.717, 1.165) is 39.0 Å². The number of fused-ring (bicyclic) bond motifs is 1. The zero-order chi connectivity index (χ0) is 16.8. The van der Waals surface area contributed by atoms with Crippen molar-refractivity contribution in [1.82, 2.24) is 9.88 Å². The molecule has 1 fully saturated rings. The molecule has 130 valence electrons. The van der Waals surface area contributed by atoms with E-state index in [1.54, 1.807) is 0 Å². The van der Waals surface area contributed by atoms with Gasteiger partial charge in [0.25, 0.3) is 0 Å². The second-order valence-electron chi connectivity index (χ2n) is 6.73. The van der Waals surface area contributed by atoms with E-state index >= 15 is 0 Å². The molecule has 3 rings (SSSR count). The smallest absolute Gasteiger partial charge is 0.221 e. The quantitative estimate of drug-likeness (QED) is 0.749. The van der Waals surface area contributed by atoms with Crippen molar-refractivity contribution in [2.45, 2.75) is 58.1 Å². The van der Waals surface area contributed by atoms with Gasteiger partial charge in [0.15, 0.2) is 0 Å². The Bertz CT molecular complexity index is 671. The maximum Gasteiger partial charge on any atom is 0.221 e. The van der Waals surface area contributed by atoms with Gasteiger partial charge < -0.3 is 14.6 Å². The van der Waals surface area contributed by atoms with Crippen LogP contribution in [0.4, 0.5) is 0 Å². The first-order valence-corrected chi connectivity index (χ1v) is 9.17. The van der Waals surface area contributed by atoms with Crippen LogP contribution in [0.3, 0.4) is 0 Å². The Morgan fingerprint density at radius 3 is 3.04 bits per heavy atom. The van der Waals surface area contributed by atoms with Crippen molar-refractivity contribution >= 4 is 16.8 Å². The molecule has 0 radical (unpaired) electrons. The molecule has 0 spiro atoms. The first-order valence-electron chi connectivity index (χ1n) is 9.17. The summed E-state index contributed by atoms with van der Waals surface area (Å²) in [5.41, 5.74) is 2.42. The van der Waals surface area contributed by atoms with E-state index in [2.05, 4.69) is 41.1 Å². The molecule has 0 unspecified atom stereocenters. The van der Waals surface area contributed by atoms with Crippen molar-refractivity contribution in [3.8, 4) is 0 Å². The van der Waals surface area contributed by atoms with Gasteiger partial charge in [0, 0.05) is 37.3 Å². The van der Waals surface area contributed by atoms with Crippen LogP contribution in [0, 0.1) is 6.92 Å². The third-order valence-electron chi connectivity index (χ3n) is 4.88. The summed E-state index contributed by atoms with van der Waals surface area (Å²) < 4.78 is 7.85. The fourth-order valence-electron chi connectivity index (χ4n) is 3.54. The summed E-state index contributed by atoms with van der Waals surface area (Å²) in [4.78, 5) is 12.1. The van der Waals surface area contributed by atoms with Crippen molar-refractivity contribution in [2.24, 2.45) is 0 Å². The first-order chi connectivity index (χ1) is 11.7. The number of benzene rings is 1. The van der Waals surface area contributed by atoms with Crippen LogP contribution in [0.2, 0.25) is 0 Å². The lowest BCUT2D eigenvalue weighted by molar-refractivity contribution is -0.121. The summed E-state index contributed by atoms with van der Waals surface area (Å²) in [5.74, 6) is 0.143. The number of ether oxygens (including phenoxy) is 1. The van der Waals surface area contributed by atoms with E-state index in [1.165, 1.54) is 29.4 Å². The van der Waals surface area contributed by atoms with Crippen molar-refractivity contribution in [3.63, 3.8) is 0 Å². The summed E-state index contributed by atoms with van der Waals surface area (Å²) >= 11 is 0. The van der Waals surface area contributed by atoms with E-state index < -0.39 is 0 Å². The maximum absolute atomic E-state index is 12.1. The molecule has 1 aliphatic heterocycles. The zero-order valence-corrected chi connectivity index (χ0v) is 14.6. The minimum absolute atomic E-state index is 0.143. The van der Waals surface area contributed by atoms with E-state index in [1.807, 2.05) is 6.07 Å². The van der Waals surface area contributed by atoms with Gasteiger partial charge in [0.2, 0.25) is 5.91 Å². The third kappa shape index (κ3) is 4.38. The number of amides is 1. The number of carbonyl (C=O) groups excluding carboxylic acids is 1. The Labute approximate surface area is 144 Å². The minimum Gasteiger partial charge on any atom is -0.378 e. The number of hydrogen-bond donors (Lipinski definition) is 1. The molecule has 1 saturated heterocycles. The molecule has 1 aromatic carbocycles. The van der Waals surface area contributed by atoms with Crippen LogP contribution in [-0.2, 0) is 16.1 Å². The molecule has 0 bridgehead atoms. The van der Waals surface area contributed by atoms with Gasteiger partial charge in [-0.2, -0.15) is 0 Å². The predicted octanol–water partition coefficient (Wildman–Crippen LogP) is 3.81. The number of aromatic nitrogens is 1. The molecule has 0 saturated carbocycles. The first kappa shape index (κ1) is 17.0. The highest BCUT2D eigenvalue weighted by molar-refractivity contribution is 5.81. The number of nitrogens with zero attached hydrogens (tertiary/aromatic N) is 1. The zero-order valence-electron chi connectivity index (χ0n) is 14.6. The van der Waals surface area contributed by atoms with Gasteiger partial charge in [0.1, 0.15) is 0 Å². The van der Waals surface area contributed by atoms with Crippen LogP contribution >= 0.6 is 0 Å². The fraction of sp³-hybridized carbons (Fsp3) is 0.550. The normalized spacial score (nSPS) is 17.5. The van der Waals surface area contributed by atoms with Crippen molar-refractivity contribution in [2.75, 3.05) is 13.2 Å². The highest BCUT2D eigenvalue weighted by Gasteiger charge is 2.14. The van der Waals surface area contributed by atoms with Crippen LogP contribution in [0.1, 0.15) is 44.2 Å². The summed E-state index contributed by atoms with van der Waals surface area (Å²) in [6, 6.07) is 10.5. The van der Waals surface area contributed by atoms with Gasteiger partial charge in [-0.05, 0) is 56.5 Å². The number of rotatable bonds is 8. The third-order valence-corrected chi connectivity index (χ3v) is 4.88.